The maximum absolute atomic E-state index is 13.0. The molecule has 0 radical (unpaired) electrons. The van der Waals surface area contributed by atoms with E-state index >= 15 is 0 Å². The van der Waals surface area contributed by atoms with E-state index in [0.717, 1.165) is 11.4 Å². The highest BCUT2D eigenvalue weighted by atomic mass is 19.1. The number of urea groups is 1. The van der Waals surface area contributed by atoms with Gasteiger partial charge in [-0.15, -0.1) is 0 Å². The number of hydrogen-bond donors (Lipinski definition) is 3. The van der Waals surface area contributed by atoms with Gasteiger partial charge in [-0.2, -0.15) is 5.10 Å². The molecule has 25 heavy (non-hydrogen) atoms. The monoisotopic (exact) mass is 348 g/mol. The Kier molecular flexibility index (Phi) is 5.79. The lowest BCUT2D eigenvalue weighted by atomic mass is 10.0. The summed E-state index contributed by atoms with van der Waals surface area (Å²) >= 11 is 0. The first kappa shape index (κ1) is 18.9. The van der Waals surface area contributed by atoms with Gasteiger partial charge in [0.25, 0.3) is 0 Å². The number of benzene rings is 1. The number of anilines is 1. The summed E-state index contributed by atoms with van der Waals surface area (Å²) in [7, 11) is 0. The second-order valence-electron chi connectivity index (χ2n) is 6.47. The van der Waals surface area contributed by atoms with Crippen molar-refractivity contribution in [1.82, 2.24) is 15.1 Å². The molecule has 0 unspecified atom stereocenters. The van der Waals surface area contributed by atoms with Gasteiger partial charge in [0.1, 0.15) is 5.82 Å². The molecule has 1 aromatic heterocycles. The van der Waals surface area contributed by atoms with Crippen molar-refractivity contribution < 1.29 is 14.3 Å². The molecule has 2 atom stereocenters. The SMILES string of the molecule is Cc1nn(C(C)C)c(C)c1NC(=O)N[C@H](C)[C@H](O)c1ccc(F)cc1. The third kappa shape index (κ3) is 4.36. The van der Waals surface area contributed by atoms with Crippen LogP contribution in [0.2, 0.25) is 0 Å². The second-order valence-corrected chi connectivity index (χ2v) is 6.47. The van der Waals surface area contributed by atoms with Gasteiger partial charge in [0.15, 0.2) is 0 Å². The number of carbonyl (C=O) groups is 1. The Bertz CT molecular complexity index is 740. The van der Waals surface area contributed by atoms with Gasteiger partial charge in [0.05, 0.1) is 29.2 Å². The summed E-state index contributed by atoms with van der Waals surface area (Å²) in [6.45, 7) is 9.45. The summed E-state index contributed by atoms with van der Waals surface area (Å²) in [6.07, 6.45) is -0.938. The van der Waals surface area contributed by atoms with Gasteiger partial charge in [-0.25, -0.2) is 9.18 Å². The zero-order chi connectivity index (χ0) is 18.7. The molecule has 7 heteroatoms. The van der Waals surface area contributed by atoms with Gasteiger partial charge in [-0.05, 0) is 52.3 Å². The summed E-state index contributed by atoms with van der Waals surface area (Å²) in [5.41, 5.74) is 2.80. The van der Waals surface area contributed by atoms with Crippen molar-refractivity contribution in [2.75, 3.05) is 5.32 Å². The number of aromatic nitrogens is 2. The van der Waals surface area contributed by atoms with Crippen LogP contribution in [0, 0.1) is 19.7 Å². The average Bonchev–Trinajstić information content (AvgIpc) is 2.83. The van der Waals surface area contributed by atoms with Crippen molar-refractivity contribution in [3.8, 4) is 0 Å². The molecule has 136 valence electrons. The van der Waals surface area contributed by atoms with Crippen LogP contribution in [0.3, 0.4) is 0 Å². The summed E-state index contributed by atoms with van der Waals surface area (Å²) < 4.78 is 14.8. The first-order valence-corrected chi connectivity index (χ1v) is 8.27. The van der Waals surface area contributed by atoms with Crippen LogP contribution in [0.25, 0.3) is 0 Å². The van der Waals surface area contributed by atoms with Crippen LogP contribution in [-0.4, -0.2) is 27.0 Å². The summed E-state index contributed by atoms with van der Waals surface area (Å²) in [5.74, 6) is -0.373. The summed E-state index contributed by atoms with van der Waals surface area (Å²) in [6, 6.07) is 4.76. The van der Waals surface area contributed by atoms with Gasteiger partial charge in [0, 0.05) is 6.04 Å². The molecule has 2 amide bonds. The van der Waals surface area contributed by atoms with Crippen molar-refractivity contribution in [1.29, 1.82) is 0 Å². The first-order valence-electron chi connectivity index (χ1n) is 8.27. The molecule has 0 aliphatic rings. The highest BCUT2D eigenvalue weighted by molar-refractivity contribution is 5.90. The van der Waals surface area contributed by atoms with Crippen molar-refractivity contribution in [2.24, 2.45) is 0 Å². The van der Waals surface area contributed by atoms with E-state index < -0.39 is 18.2 Å². The molecule has 0 aliphatic carbocycles. The molecule has 3 N–H and O–H groups in total. The number of aliphatic hydroxyl groups is 1. The number of hydrogen-bond acceptors (Lipinski definition) is 3. The van der Waals surface area contributed by atoms with Crippen LogP contribution in [0.5, 0.6) is 0 Å². The third-order valence-electron chi connectivity index (χ3n) is 4.10. The molecule has 0 spiro atoms. The Balaban J connectivity index is 2.03. The van der Waals surface area contributed by atoms with Crippen molar-refractivity contribution in [3.63, 3.8) is 0 Å². The number of nitrogens with zero attached hydrogens (tertiary/aromatic N) is 2. The lowest BCUT2D eigenvalue weighted by Gasteiger charge is -2.21. The Morgan fingerprint density at radius 1 is 1.20 bits per heavy atom. The van der Waals surface area contributed by atoms with E-state index in [2.05, 4.69) is 15.7 Å². The first-order chi connectivity index (χ1) is 11.7. The molecular weight excluding hydrogens is 323 g/mol. The molecule has 0 bridgehead atoms. The van der Waals surface area contributed by atoms with Crippen molar-refractivity contribution >= 4 is 11.7 Å². The Hall–Kier alpha value is -2.41. The predicted octanol–water partition coefficient (Wildman–Crippen LogP) is 3.46. The fourth-order valence-corrected chi connectivity index (χ4v) is 2.73. The fourth-order valence-electron chi connectivity index (χ4n) is 2.73. The predicted molar refractivity (Wildman–Crippen MR) is 95.1 cm³/mol. The zero-order valence-electron chi connectivity index (χ0n) is 15.2. The van der Waals surface area contributed by atoms with Gasteiger partial charge >= 0.3 is 6.03 Å². The molecule has 2 rings (SSSR count). The third-order valence-corrected chi connectivity index (χ3v) is 4.10. The van der Waals surface area contributed by atoms with Crippen molar-refractivity contribution in [3.05, 3.63) is 47.0 Å². The molecule has 0 fully saturated rings. The molecule has 6 nitrogen and oxygen atoms in total. The van der Waals surface area contributed by atoms with Gasteiger partial charge < -0.3 is 15.7 Å². The fraction of sp³-hybridized carbons (Fsp3) is 0.444. The maximum atomic E-state index is 13.0. The highest BCUT2D eigenvalue weighted by Gasteiger charge is 2.20. The second kappa shape index (κ2) is 7.65. The normalized spacial score (nSPS) is 13.6. The molecule has 0 aliphatic heterocycles. The van der Waals surface area contributed by atoms with Crippen LogP contribution in [0.1, 0.15) is 49.9 Å². The topological polar surface area (TPSA) is 79.2 Å². The Labute approximate surface area is 147 Å². The van der Waals surface area contributed by atoms with E-state index in [-0.39, 0.29) is 11.9 Å². The highest BCUT2D eigenvalue weighted by Crippen LogP contribution is 2.22. The van der Waals surface area contributed by atoms with Gasteiger partial charge in [-0.3, -0.25) is 4.68 Å². The van der Waals surface area contributed by atoms with Crippen LogP contribution < -0.4 is 10.6 Å². The van der Waals surface area contributed by atoms with E-state index in [1.807, 2.05) is 32.4 Å². The van der Waals surface area contributed by atoms with E-state index in [4.69, 9.17) is 0 Å². The van der Waals surface area contributed by atoms with Crippen LogP contribution in [-0.2, 0) is 0 Å². The quantitative estimate of drug-likeness (QED) is 0.774. The summed E-state index contributed by atoms with van der Waals surface area (Å²) in [4.78, 5) is 12.3. The standard InChI is InChI=1S/C18H25FN4O2/c1-10(2)23-13(5)16(11(3)22-23)21-18(25)20-12(4)17(24)14-6-8-15(19)9-7-14/h6-10,12,17,24H,1-5H3,(H2,20,21,25)/t12-,17+/m1/s1. The molecule has 2 aromatic rings. The molecular formula is C18H25FN4O2. The average molecular weight is 348 g/mol. The maximum Gasteiger partial charge on any atom is 0.319 e. The molecule has 0 saturated heterocycles. The number of nitrogens with one attached hydrogen (secondary N) is 2. The Morgan fingerprint density at radius 3 is 2.32 bits per heavy atom. The molecule has 1 heterocycles. The lowest BCUT2D eigenvalue weighted by Crippen LogP contribution is -2.39. The Morgan fingerprint density at radius 2 is 1.80 bits per heavy atom. The number of amides is 2. The summed E-state index contributed by atoms with van der Waals surface area (Å²) in [5, 5.41) is 20.2. The van der Waals surface area contributed by atoms with Crippen molar-refractivity contribution in [2.45, 2.75) is 52.8 Å². The number of halogens is 1. The number of aliphatic hydroxyl groups excluding tert-OH is 1. The number of aryl methyl sites for hydroxylation is 1. The molecule has 1 aromatic carbocycles. The van der Waals surface area contributed by atoms with Gasteiger partial charge in [-0.1, -0.05) is 12.1 Å². The van der Waals surface area contributed by atoms with Crippen LogP contribution in [0.15, 0.2) is 24.3 Å². The van der Waals surface area contributed by atoms with E-state index in [1.54, 1.807) is 6.92 Å². The minimum Gasteiger partial charge on any atom is -0.386 e. The molecule has 0 saturated carbocycles. The van der Waals surface area contributed by atoms with Gasteiger partial charge in [0.2, 0.25) is 0 Å². The van der Waals surface area contributed by atoms with E-state index in [1.165, 1.54) is 24.3 Å². The van der Waals surface area contributed by atoms with E-state index in [0.29, 0.717) is 11.3 Å². The smallest absolute Gasteiger partial charge is 0.319 e. The van der Waals surface area contributed by atoms with Crippen LogP contribution >= 0.6 is 0 Å². The van der Waals surface area contributed by atoms with Crippen LogP contribution in [0.4, 0.5) is 14.9 Å². The largest absolute Gasteiger partial charge is 0.386 e. The minimum atomic E-state index is -0.938. The number of carbonyl (C=O) groups excluding carboxylic acids is 1. The minimum absolute atomic E-state index is 0.191. The van der Waals surface area contributed by atoms with E-state index in [9.17, 15) is 14.3 Å². The zero-order valence-corrected chi connectivity index (χ0v) is 15.2. The lowest BCUT2D eigenvalue weighted by molar-refractivity contribution is 0.139. The number of rotatable bonds is 5.